The van der Waals surface area contributed by atoms with Gasteiger partial charge in [0.25, 0.3) is 0 Å². The van der Waals surface area contributed by atoms with E-state index in [1.165, 1.54) is 0 Å². The molecule has 2 aromatic rings. The zero-order valence-corrected chi connectivity index (χ0v) is 15.0. The Morgan fingerprint density at radius 2 is 1.22 bits per heavy atom. The smallest absolute Gasteiger partial charge is 0.303 e. The molecular weight excluding hydrogens is 307 g/mol. The van der Waals surface area contributed by atoms with Crippen molar-refractivity contribution in [2.75, 3.05) is 0 Å². The van der Waals surface area contributed by atoms with Gasteiger partial charge in [-0.15, -0.1) is 0 Å². The van der Waals surface area contributed by atoms with Crippen LogP contribution in [0.2, 0.25) is 0 Å². The maximum Gasteiger partial charge on any atom is 0.336 e. The maximum atomic E-state index is 13.4. The first-order valence-electron chi connectivity index (χ1n) is 7.94. The first-order valence-corrected chi connectivity index (χ1v) is 9.48. The molecule has 2 rings (SSSR count). The maximum absolute atomic E-state index is 13.4. The summed E-state index contributed by atoms with van der Waals surface area (Å²) in [5.74, 6) is 0. The lowest BCUT2D eigenvalue weighted by molar-refractivity contribution is 0.173. The summed E-state index contributed by atoms with van der Waals surface area (Å²) in [5.41, 5.74) is 1.98. The second-order valence-corrected chi connectivity index (χ2v) is 8.90. The molecule has 0 N–H and O–H groups in total. The fraction of sp³-hybridized carbons (Fsp3) is 0.368. The molecule has 0 heterocycles. The zero-order valence-electron chi connectivity index (χ0n) is 14.1. The predicted octanol–water partition coefficient (Wildman–Crippen LogP) is 5.80. The quantitative estimate of drug-likeness (QED) is 0.573. The molecule has 0 spiro atoms. The summed E-state index contributed by atoms with van der Waals surface area (Å²) >= 11 is 0. The predicted molar refractivity (Wildman–Crippen MR) is 94.4 cm³/mol. The van der Waals surface area contributed by atoms with Crippen LogP contribution in [0.4, 0.5) is 0 Å². The molecule has 0 amide bonds. The second kappa shape index (κ2) is 7.92. The number of hydrogen-bond acceptors (Lipinski definition) is 3. The van der Waals surface area contributed by atoms with Crippen LogP contribution in [-0.2, 0) is 26.8 Å². The van der Waals surface area contributed by atoms with E-state index in [9.17, 15) is 4.57 Å². The van der Waals surface area contributed by atoms with Crippen LogP contribution in [-0.4, -0.2) is 5.16 Å². The van der Waals surface area contributed by atoms with E-state index in [1.807, 2.05) is 81.4 Å². The molecule has 3 nitrogen and oxygen atoms in total. The van der Waals surface area contributed by atoms with Crippen molar-refractivity contribution in [2.45, 2.75) is 45.6 Å². The number of hydrogen-bond donors (Lipinski definition) is 0. The normalized spacial score (nSPS) is 12.3. The molecule has 0 aromatic heterocycles. The van der Waals surface area contributed by atoms with Gasteiger partial charge >= 0.3 is 7.60 Å². The highest BCUT2D eigenvalue weighted by Gasteiger charge is 2.42. The third-order valence-electron chi connectivity index (χ3n) is 4.09. The molecule has 0 aliphatic heterocycles. The largest absolute Gasteiger partial charge is 0.336 e. The molecule has 0 bridgehead atoms. The van der Waals surface area contributed by atoms with Crippen LogP contribution in [0, 0.1) is 0 Å². The van der Waals surface area contributed by atoms with E-state index < -0.39 is 12.8 Å². The van der Waals surface area contributed by atoms with Crippen molar-refractivity contribution in [3.63, 3.8) is 0 Å². The van der Waals surface area contributed by atoms with Gasteiger partial charge in [0.1, 0.15) is 0 Å². The highest BCUT2D eigenvalue weighted by atomic mass is 31.2. The summed E-state index contributed by atoms with van der Waals surface area (Å²) in [6.07, 6.45) is 0.716. The Kier molecular flexibility index (Phi) is 6.17. The minimum atomic E-state index is -3.25. The minimum Gasteiger partial charge on any atom is -0.303 e. The third kappa shape index (κ3) is 4.78. The molecule has 0 fully saturated rings. The third-order valence-corrected chi connectivity index (χ3v) is 6.83. The standard InChI is InChI=1S/C19H25O3P/c1-4-19(2,3)23(20,21-15-17-11-7-5-8-12-17)22-16-18-13-9-6-10-14-18/h5-14H,4,15-16H2,1-3H3. The van der Waals surface area contributed by atoms with Crippen LogP contribution in [0.25, 0.3) is 0 Å². The van der Waals surface area contributed by atoms with Gasteiger partial charge in [-0.3, -0.25) is 4.57 Å². The highest BCUT2D eigenvalue weighted by molar-refractivity contribution is 7.55. The number of rotatable bonds is 8. The van der Waals surface area contributed by atoms with E-state index in [2.05, 4.69) is 0 Å². The van der Waals surface area contributed by atoms with Gasteiger partial charge in [-0.2, -0.15) is 0 Å². The first-order chi connectivity index (χ1) is 11.0. The van der Waals surface area contributed by atoms with E-state index in [0.29, 0.717) is 6.42 Å². The Labute approximate surface area is 139 Å². The summed E-state index contributed by atoms with van der Waals surface area (Å²) in [5, 5.41) is -0.531. The fourth-order valence-electron chi connectivity index (χ4n) is 2.05. The van der Waals surface area contributed by atoms with Crippen LogP contribution in [0.5, 0.6) is 0 Å². The lowest BCUT2D eigenvalue weighted by atomic mass is 10.1. The molecule has 4 heteroatoms. The average Bonchev–Trinajstić information content (AvgIpc) is 2.60. The Bertz CT molecular complexity index is 591. The Hall–Kier alpha value is -1.41. The molecule has 0 saturated heterocycles. The lowest BCUT2D eigenvalue weighted by Crippen LogP contribution is -2.22. The van der Waals surface area contributed by atoms with E-state index in [4.69, 9.17) is 9.05 Å². The summed E-state index contributed by atoms with van der Waals surface area (Å²) in [4.78, 5) is 0. The van der Waals surface area contributed by atoms with Gasteiger partial charge in [0.2, 0.25) is 0 Å². The van der Waals surface area contributed by atoms with Gasteiger partial charge in [0.15, 0.2) is 0 Å². The van der Waals surface area contributed by atoms with Gasteiger partial charge in [-0.05, 0) is 31.4 Å². The molecule has 0 aliphatic rings. The van der Waals surface area contributed by atoms with E-state index in [0.717, 1.165) is 11.1 Å². The molecule has 2 aromatic carbocycles. The van der Waals surface area contributed by atoms with Crippen molar-refractivity contribution in [3.8, 4) is 0 Å². The van der Waals surface area contributed by atoms with Gasteiger partial charge < -0.3 is 9.05 Å². The molecule has 0 aliphatic carbocycles. The van der Waals surface area contributed by atoms with Crippen molar-refractivity contribution in [1.82, 2.24) is 0 Å². The van der Waals surface area contributed by atoms with E-state index in [-0.39, 0.29) is 13.2 Å². The monoisotopic (exact) mass is 332 g/mol. The summed E-state index contributed by atoms with van der Waals surface area (Å²) in [6, 6.07) is 19.5. The Balaban J connectivity index is 2.10. The molecule has 23 heavy (non-hydrogen) atoms. The number of benzene rings is 2. The molecule has 0 unspecified atom stereocenters. The summed E-state index contributed by atoms with van der Waals surface area (Å²) in [6.45, 7) is 6.45. The SMILES string of the molecule is CCC(C)(C)P(=O)(OCc1ccccc1)OCc1ccccc1. The molecule has 0 saturated carbocycles. The highest BCUT2D eigenvalue weighted by Crippen LogP contribution is 2.62. The average molecular weight is 332 g/mol. The lowest BCUT2D eigenvalue weighted by Gasteiger charge is -2.32. The van der Waals surface area contributed by atoms with E-state index in [1.54, 1.807) is 0 Å². The molecular formula is C19H25O3P. The van der Waals surface area contributed by atoms with E-state index >= 15 is 0 Å². The fourth-order valence-corrected chi connectivity index (χ4v) is 3.85. The zero-order chi connectivity index (χ0) is 16.8. The van der Waals surface area contributed by atoms with Crippen LogP contribution >= 0.6 is 7.60 Å². The molecule has 0 atom stereocenters. The topological polar surface area (TPSA) is 35.5 Å². The van der Waals surface area contributed by atoms with Crippen molar-refractivity contribution < 1.29 is 13.6 Å². The van der Waals surface area contributed by atoms with Crippen molar-refractivity contribution in [1.29, 1.82) is 0 Å². The van der Waals surface area contributed by atoms with Crippen molar-refractivity contribution >= 4 is 7.60 Å². The summed E-state index contributed by atoms with van der Waals surface area (Å²) < 4.78 is 25.0. The van der Waals surface area contributed by atoms with Gasteiger partial charge in [0.05, 0.1) is 18.4 Å². The Morgan fingerprint density at radius 1 is 0.826 bits per heavy atom. The van der Waals surface area contributed by atoms with Crippen LogP contribution in [0.3, 0.4) is 0 Å². The Morgan fingerprint density at radius 3 is 1.57 bits per heavy atom. The minimum absolute atomic E-state index is 0.288. The molecule has 0 radical (unpaired) electrons. The molecule has 124 valence electrons. The summed E-state index contributed by atoms with van der Waals surface area (Å²) in [7, 11) is -3.25. The van der Waals surface area contributed by atoms with Crippen LogP contribution in [0.1, 0.15) is 38.3 Å². The van der Waals surface area contributed by atoms with Gasteiger partial charge in [-0.25, -0.2) is 0 Å². The van der Waals surface area contributed by atoms with Gasteiger partial charge in [0, 0.05) is 0 Å². The van der Waals surface area contributed by atoms with Gasteiger partial charge in [-0.1, -0.05) is 67.6 Å². The second-order valence-electron chi connectivity index (χ2n) is 6.18. The first kappa shape index (κ1) is 17.9. The van der Waals surface area contributed by atoms with Crippen LogP contribution < -0.4 is 0 Å². The van der Waals surface area contributed by atoms with Crippen LogP contribution in [0.15, 0.2) is 60.7 Å². The van der Waals surface area contributed by atoms with Crippen molar-refractivity contribution in [3.05, 3.63) is 71.8 Å². The van der Waals surface area contributed by atoms with Crippen molar-refractivity contribution in [2.24, 2.45) is 0 Å².